The Hall–Kier alpha value is -1.84. The summed E-state index contributed by atoms with van der Waals surface area (Å²) in [5.74, 6) is 2.11. The summed E-state index contributed by atoms with van der Waals surface area (Å²) in [4.78, 5) is 7.51. The van der Waals surface area contributed by atoms with Gasteiger partial charge in [-0.25, -0.2) is 4.98 Å². The fourth-order valence-corrected chi connectivity index (χ4v) is 3.58. The number of nitrogens with zero attached hydrogens (tertiary/aromatic N) is 2. The molecule has 3 heterocycles. The zero-order chi connectivity index (χ0) is 15.5. The van der Waals surface area contributed by atoms with Crippen LogP contribution in [0.15, 0.2) is 0 Å². The fourth-order valence-electron chi connectivity index (χ4n) is 3.58. The van der Waals surface area contributed by atoms with Crippen LogP contribution in [0.25, 0.3) is 0 Å². The van der Waals surface area contributed by atoms with Crippen LogP contribution in [0.5, 0.6) is 0 Å². The molecule has 118 valence electrons. The summed E-state index contributed by atoms with van der Waals surface area (Å²) < 4.78 is 0. The summed E-state index contributed by atoms with van der Waals surface area (Å²) in [6.07, 6.45) is 3.50. The van der Waals surface area contributed by atoms with Crippen LogP contribution in [-0.2, 0) is 13.0 Å². The summed E-state index contributed by atoms with van der Waals surface area (Å²) in [5, 5.41) is 13.0. The zero-order valence-electron chi connectivity index (χ0n) is 13.5. The molecule has 1 unspecified atom stereocenters. The number of fused-ring (bicyclic) bond motifs is 1. The number of hydrogen-bond acceptors (Lipinski definition) is 3. The van der Waals surface area contributed by atoms with Crippen molar-refractivity contribution in [2.24, 2.45) is 0 Å². The number of anilines is 2. The molecule has 0 aromatic carbocycles. The van der Waals surface area contributed by atoms with Crippen molar-refractivity contribution in [2.45, 2.75) is 25.8 Å². The molecular weight excluding hydrogens is 276 g/mol. The van der Waals surface area contributed by atoms with Gasteiger partial charge >= 0.3 is 0 Å². The quantitative estimate of drug-likeness (QED) is 0.613. The maximum Gasteiger partial charge on any atom is 0.237 e. The number of aromatic amines is 1. The Morgan fingerprint density at radius 3 is 2.82 bits per heavy atom. The first-order chi connectivity index (χ1) is 10.7. The fraction of sp³-hybridized carbons (Fsp3) is 0.625. The van der Waals surface area contributed by atoms with E-state index in [-0.39, 0.29) is 0 Å². The zero-order valence-corrected chi connectivity index (χ0v) is 13.5. The third-order valence-electron chi connectivity index (χ3n) is 4.74. The number of nitrogens with one attached hydrogen (secondary N) is 3. The Balaban J connectivity index is 2.09. The molecule has 0 saturated carbocycles. The van der Waals surface area contributed by atoms with E-state index in [4.69, 9.17) is 0 Å². The average molecular weight is 303 g/mol. The van der Waals surface area contributed by atoms with Gasteiger partial charge in [0, 0.05) is 6.42 Å². The maximum absolute atomic E-state index is 9.65. The van der Waals surface area contributed by atoms with E-state index in [1.807, 2.05) is 0 Å². The van der Waals surface area contributed by atoms with Gasteiger partial charge in [0.2, 0.25) is 11.6 Å². The van der Waals surface area contributed by atoms with E-state index in [0.717, 1.165) is 57.1 Å². The Kier molecular flexibility index (Phi) is 4.46. The van der Waals surface area contributed by atoms with Crippen molar-refractivity contribution < 1.29 is 15.6 Å². The molecule has 22 heavy (non-hydrogen) atoms. The Bertz CT molecular complexity index is 585. The summed E-state index contributed by atoms with van der Waals surface area (Å²) >= 11 is 0. The number of H-pyrrole nitrogens is 1. The Morgan fingerprint density at radius 1 is 1.36 bits per heavy atom. The van der Waals surface area contributed by atoms with Gasteiger partial charge in [0.25, 0.3) is 0 Å². The van der Waals surface area contributed by atoms with E-state index in [1.165, 1.54) is 34.7 Å². The predicted octanol–water partition coefficient (Wildman–Crippen LogP) is -1.80. The van der Waals surface area contributed by atoms with Crippen molar-refractivity contribution >= 4 is 11.6 Å². The second kappa shape index (κ2) is 6.51. The summed E-state index contributed by atoms with van der Waals surface area (Å²) in [6.45, 7) is 5.92. The lowest BCUT2D eigenvalue weighted by Gasteiger charge is -2.26. The van der Waals surface area contributed by atoms with Crippen molar-refractivity contribution in [3.63, 3.8) is 0 Å². The minimum atomic E-state index is 0.786. The maximum atomic E-state index is 9.65. The highest BCUT2D eigenvalue weighted by molar-refractivity contribution is 5.61. The molecule has 1 saturated heterocycles. The van der Waals surface area contributed by atoms with E-state index < -0.39 is 0 Å². The van der Waals surface area contributed by atoms with Crippen LogP contribution in [0.3, 0.4) is 0 Å². The number of hydrogen-bond donors (Lipinski definition) is 3. The Labute approximate surface area is 131 Å². The van der Waals surface area contributed by atoms with Gasteiger partial charge in [0.05, 0.1) is 32.2 Å². The van der Waals surface area contributed by atoms with Crippen molar-refractivity contribution in [1.29, 1.82) is 5.26 Å². The molecule has 0 aliphatic carbocycles. The van der Waals surface area contributed by atoms with Gasteiger partial charge in [-0.3, -0.25) is 10.2 Å². The number of likely N-dealkylation sites (N-methyl/N-ethyl adjacent to an activating group) is 1. The lowest BCUT2D eigenvalue weighted by atomic mass is 9.95. The second-order valence-electron chi connectivity index (χ2n) is 6.40. The van der Waals surface area contributed by atoms with Gasteiger partial charge < -0.3 is 10.6 Å². The first-order valence-corrected chi connectivity index (χ1v) is 8.35. The van der Waals surface area contributed by atoms with Crippen LogP contribution in [0.1, 0.15) is 29.5 Å². The second-order valence-corrected chi connectivity index (χ2v) is 6.40. The van der Waals surface area contributed by atoms with Crippen LogP contribution in [0, 0.1) is 11.3 Å². The normalized spacial score (nSPS) is 20.6. The monoisotopic (exact) mass is 303 g/mol. The highest BCUT2D eigenvalue weighted by atomic mass is 15.2. The smallest absolute Gasteiger partial charge is 0.237 e. The highest BCUT2D eigenvalue weighted by Gasteiger charge is 2.32. The molecule has 2 aliphatic rings. The summed E-state index contributed by atoms with van der Waals surface area (Å²) in [7, 11) is 2.23. The van der Waals surface area contributed by atoms with Crippen molar-refractivity contribution in [3.8, 4) is 6.07 Å². The SMILES string of the molecule is C[NH+]1CCc2c(C#N)c(NCC[NH3+])[nH+]c(N3CCCC3)c2C1. The first kappa shape index (κ1) is 15.1. The van der Waals surface area contributed by atoms with E-state index in [1.54, 1.807) is 0 Å². The number of nitriles is 1. The topological polar surface area (TPSA) is 85.3 Å². The van der Waals surface area contributed by atoms with Gasteiger partial charge in [0.1, 0.15) is 31.3 Å². The largest absolute Gasteiger partial charge is 0.355 e. The van der Waals surface area contributed by atoms with Gasteiger partial charge in [-0.1, -0.05) is 0 Å². The van der Waals surface area contributed by atoms with Gasteiger partial charge in [-0.05, 0) is 18.4 Å². The average Bonchev–Trinajstić information content (AvgIpc) is 3.06. The molecule has 0 bridgehead atoms. The predicted molar refractivity (Wildman–Crippen MR) is 84.6 cm³/mol. The van der Waals surface area contributed by atoms with E-state index >= 15 is 0 Å². The number of aromatic nitrogens is 1. The van der Waals surface area contributed by atoms with E-state index in [2.05, 4.69) is 34.1 Å². The Morgan fingerprint density at radius 2 is 2.14 bits per heavy atom. The lowest BCUT2D eigenvalue weighted by molar-refractivity contribution is -0.895. The van der Waals surface area contributed by atoms with Crippen molar-refractivity contribution in [1.82, 2.24) is 0 Å². The van der Waals surface area contributed by atoms with Crippen molar-refractivity contribution in [3.05, 3.63) is 16.7 Å². The third-order valence-corrected chi connectivity index (χ3v) is 4.74. The molecule has 1 aromatic heterocycles. The molecule has 6 heteroatoms. The number of rotatable bonds is 4. The molecule has 0 amide bonds. The molecular formula is C16H27N6+3. The van der Waals surface area contributed by atoms with Gasteiger partial charge in [0.15, 0.2) is 0 Å². The van der Waals surface area contributed by atoms with Crippen LogP contribution >= 0.6 is 0 Å². The summed E-state index contributed by atoms with van der Waals surface area (Å²) in [6, 6.07) is 2.42. The van der Waals surface area contributed by atoms with Crippen LogP contribution in [0.4, 0.5) is 11.6 Å². The summed E-state index contributed by atoms with van der Waals surface area (Å²) in [5.41, 5.74) is 7.28. The molecule has 1 aromatic rings. The molecule has 3 rings (SSSR count). The van der Waals surface area contributed by atoms with Gasteiger partial charge in [-0.15, -0.1) is 0 Å². The highest BCUT2D eigenvalue weighted by Crippen LogP contribution is 2.29. The molecule has 0 spiro atoms. The van der Waals surface area contributed by atoms with E-state index in [0.29, 0.717) is 0 Å². The van der Waals surface area contributed by atoms with Crippen LogP contribution in [0.2, 0.25) is 0 Å². The molecule has 1 fully saturated rings. The minimum absolute atomic E-state index is 0.786. The number of quaternary nitrogens is 2. The van der Waals surface area contributed by atoms with Crippen molar-refractivity contribution in [2.75, 3.05) is 50.0 Å². The third kappa shape index (κ3) is 2.74. The number of pyridine rings is 1. The standard InChI is InChI=1S/C16H24N6/c1-21-9-4-12-13(10-18)15(19-6-5-17)20-16(14(12)11-21)22-7-2-3-8-22/h2-9,11,17H2,1H3,(H,19,20)/p+3. The van der Waals surface area contributed by atoms with E-state index in [9.17, 15) is 5.26 Å². The molecule has 2 aliphatic heterocycles. The molecule has 6 nitrogen and oxygen atoms in total. The first-order valence-electron chi connectivity index (χ1n) is 8.35. The van der Waals surface area contributed by atoms with Crippen LogP contribution in [-0.4, -0.2) is 39.8 Å². The molecule has 0 radical (unpaired) electrons. The van der Waals surface area contributed by atoms with Gasteiger partial charge in [-0.2, -0.15) is 5.26 Å². The molecule has 1 atom stereocenters. The van der Waals surface area contributed by atoms with Crippen LogP contribution < -0.4 is 25.8 Å². The lowest BCUT2D eigenvalue weighted by Crippen LogP contribution is -3.08. The minimum Gasteiger partial charge on any atom is -0.355 e. The molecule has 6 N–H and O–H groups in total.